The highest BCUT2D eigenvalue weighted by Gasteiger charge is 2.22. The molecular weight excluding hydrogens is 418 g/mol. The number of nitrogen functional groups attached to an aromatic ring is 1. The maximum atomic E-state index is 6.16. The fraction of sp³-hybridized carbons (Fsp3) is 0.150. The van der Waals surface area contributed by atoms with Crippen LogP contribution in [0, 0.1) is 13.8 Å². The van der Waals surface area contributed by atoms with Gasteiger partial charge in [-0.05, 0) is 19.9 Å². The Kier molecular flexibility index (Phi) is 4.79. The molecule has 0 bridgehead atoms. The maximum Gasteiger partial charge on any atom is 0.253 e. The molecule has 1 aromatic carbocycles. The molecule has 0 unspecified atom stereocenters. The van der Waals surface area contributed by atoms with E-state index in [0.717, 1.165) is 16.9 Å². The van der Waals surface area contributed by atoms with Crippen molar-refractivity contribution in [1.82, 2.24) is 30.2 Å². The van der Waals surface area contributed by atoms with E-state index in [0.29, 0.717) is 45.5 Å². The highest BCUT2D eigenvalue weighted by molar-refractivity contribution is 7.98. The monoisotopic (exact) mass is 435 g/mol. The molecule has 0 radical (unpaired) electrons. The smallest absolute Gasteiger partial charge is 0.253 e. The van der Waals surface area contributed by atoms with E-state index >= 15 is 0 Å². The van der Waals surface area contributed by atoms with Gasteiger partial charge in [-0.3, -0.25) is 0 Å². The lowest BCUT2D eigenvalue weighted by Crippen LogP contribution is -2.11. The number of hydrogen-bond acceptors (Lipinski definition) is 10. The highest BCUT2D eigenvalue weighted by atomic mass is 32.2. The number of furan rings is 1. The van der Waals surface area contributed by atoms with Gasteiger partial charge in [-0.2, -0.15) is 0 Å². The summed E-state index contributed by atoms with van der Waals surface area (Å²) in [6.07, 6.45) is 1.59. The zero-order valence-electron chi connectivity index (χ0n) is 16.6. The van der Waals surface area contributed by atoms with Gasteiger partial charge in [-0.1, -0.05) is 47.3 Å². The molecule has 4 heterocycles. The third-order valence-corrected chi connectivity index (χ3v) is 5.61. The summed E-state index contributed by atoms with van der Waals surface area (Å²) < 4.78 is 18.0. The van der Waals surface area contributed by atoms with E-state index < -0.39 is 0 Å². The topological polar surface area (TPSA) is 135 Å². The zero-order valence-corrected chi connectivity index (χ0v) is 17.5. The minimum atomic E-state index is 0.345. The summed E-state index contributed by atoms with van der Waals surface area (Å²) in [5.74, 6) is 9.13. The molecule has 10 nitrogen and oxygen atoms in total. The largest absolute Gasteiger partial charge is 0.469 e. The van der Waals surface area contributed by atoms with E-state index in [1.807, 2.05) is 44.2 Å². The van der Waals surface area contributed by atoms with E-state index in [4.69, 9.17) is 19.2 Å². The molecule has 11 heteroatoms. The number of nitrogens with two attached hydrogens (primary N) is 1. The molecule has 0 aliphatic rings. The van der Waals surface area contributed by atoms with E-state index in [1.165, 1.54) is 16.4 Å². The number of thioether (sulfide) groups is 1. The van der Waals surface area contributed by atoms with Crippen molar-refractivity contribution < 1.29 is 13.4 Å². The number of nitrogens with zero attached hydrogens (tertiary/aromatic N) is 6. The fourth-order valence-corrected chi connectivity index (χ4v) is 3.83. The molecule has 4 aromatic heterocycles. The summed E-state index contributed by atoms with van der Waals surface area (Å²) >= 11 is 1.34. The lowest BCUT2D eigenvalue weighted by molar-refractivity contribution is 0.399. The fourth-order valence-electron chi connectivity index (χ4n) is 3.13. The van der Waals surface area contributed by atoms with Gasteiger partial charge in [0.2, 0.25) is 11.0 Å². The molecule has 0 spiro atoms. The van der Waals surface area contributed by atoms with Crippen LogP contribution in [0.1, 0.15) is 17.4 Å². The van der Waals surface area contributed by atoms with Crippen LogP contribution in [0.5, 0.6) is 0 Å². The zero-order chi connectivity index (χ0) is 21.4. The molecule has 156 valence electrons. The molecule has 31 heavy (non-hydrogen) atoms. The van der Waals surface area contributed by atoms with Crippen molar-refractivity contribution in [3.63, 3.8) is 0 Å². The van der Waals surface area contributed by atoms with Crippen LogP contribution >= 0.6 is 11.8 Å². The summed E-state index contributed by atoms with van der Waals surface area (Å²) in [7, 11) is 0. The van der Waals surface area contributed by atoms with Crippen LogP contribution in [-0.2, 0) is 5.75 Å². The summed E-state index contributed by atoms with van der Waals surface area (Å²) in [6, 6.07) is 11.5. The predicted molar refractivity (Wildman–Crippen MR) is 112 cm³/mol. The molecule has 0 saturated carbocycles. The normalized spacial score (nSPS) is 11.3. The number of hydrogen-bond donors (Lipinski definition) is 1. The third kappa shape index (κ3) is 3.48. The average Bonchev–Trinajstić information content (AvgIpc) is 3.55. The van der Waals surface area contributed by atoms with Crippen LogP contribution < -0.4 is 5.84 Å². The first-order chi connectivity index (χ1) is 15.1. The molecule has 0 fully saturated rings. The summed E-state index contributed by atoms with van der Waals surface area (Å²) in [5.41, 5.74) is 3.03. The maximum absolute atomic E-state index is 6.16. The second-order valence-electron chi connectivity index (χ2n) is 6.68. The Balaban J connectivity index is 1.36. The molecule has 0 aliphatic heterocycles. The minimum absolute atomic E-state index is 0.345. The number of benzene rings is 1. The summed E-state index contributed by atoms with van der Waals surface area (Å²) in [5, 5.41) is 21.3. The van der Waals surface area contributed by atoms with Gasteiger partial charge < -0.3 is 19.2 Å². The van der Waals surface area contributed by atoms with Crippen LogP contribution in [0.15, 0.2) is 61.2 Å². The quantitative estimate of drug-likeness (QED) is 0.309. The van der Waals surface area contributed by atoms with E-state index in [1.54, 1.807) is 12.3 Å². The Labute approximate surface area is 180 Å². The number of aryl methyl sites for hydroxylation is 2. The second-order valence-corrected chi connectivity index (χ2v) is 7.63. The van der Waals surface area contributed by atoms with Crippen molar-refractivity contribution in [1.29, 1.82) is 0 Å². The number of rotatable bonds is 6. The van der Waals surface area contributed by atoms with Crippen molar-refractivity contribution in [2.45, 2.75) is 24.8 Å². The molecule has 2 N–H and O–H groups in total. The minimum Gasteiger partial charge on any atom is -0.469 e. The Morgan fingerprint density at radius 1 is 1.00 bits per heavy atom. The van der Waals surface area contributed by atoms with Gasteiger partial charge in [-0.25, -0.2) is 4.68 Å². The van der Waals surface area contributed by atoms with Crippen LogP contribution in [0.2, 0.25) is 0 Å². The predicted octanol–water partition coefficient (Wildman–Crippen LogP) is 3.87. The van der Waals surface area contributed by atoms with Crippen molar-refractivity contribution >= 4 is 11.8 Å². The summed E-state index contributed by atoms with van der Waals surface area (Å²) in [4.78, 5) is 0. The SMILES string of the molecule is Cc1occc1-c1nnc(SCc2nnc(-c3c(-c4ccccc4)noc3C)o2)n1N. The second kappa shape index (κ2) is 7.76. The Bertz CT molecular complexity index is 1340. The highest BCUT2D eigenvalue weighted by Crippen LogP contribution is 2.34. The van der Waals surface area contributed by atoms with Crippen molar-refractivity contribution in [2.75, 3.05) is 5.84 Å². The van der Waals surface area contributed by atoms with Gasteiger partial charge in [0.25, 0.3) is 5.89 Å². The molecule has 0 atom stereocenters. The van der Waals surface area contributed by atoms with Gasteiger partial charge in [0, 0.05) is 5.56 Å². The van der Waals surface area contributed by atoms with Crippen molar-refractivity contribution in [2.24, 2.45) is 0 Å². The van der Waals surface area contributed by atoms with Crippen molar-refractivity contribution in [3.05, 3.63) is 60.1 Å². The number of aromatic nitrogens is 6. The first kappa shape index (κ1) is 19.1. The molecule has 0 amide bonds. The van der Waals surface area contributed by atoms with Gasteiger partial charge in [0.1, 0.15) is 22.8 Å². The van der Waals surface area contributed by atoms with Gasteiger partial charge in [-0.15, -0.1) is 20.4 Å². The van der Waals surface area contributed by atoms with E-state index in [2.05, 4.69) is 25.6 Å². The Morgan fingerprint density at radius 3 is 2.61 bits per heavy atom. The van der Waals surface area contributed by atoms with Gasteiger partial charge >= 0.3 is 0 Å². The van der Waals surface area contributed by atoms with Crippen LogP contribution in [-0.4, -0.2) is 30.2 Å². The summed E-state index contributed by atoms with van der Waals surface area (Å²) in [6.45, 7) is 3.65. The van der Waals surface area contributed by atoms with Crippen LogP contribution in [0.3, 0.4) is 0 Å². The first-order valence-electron chi connectivity index (χ1n) is 9.34. The Morgan fingerprint density at radius 2 is 1.84 bits per heavy atom. The van der Waals surface area contributed by atoms with E-state index in [-0.39, 0.29) is 0 Å². The van der Waals surface area contributed by atoms with Gasteiger partial charge in [0.05, 0.1) is 17.6 Å². The molecular formula is C20H17N7O3S. The molecule has 5 rings (SSSR count). The third-order valence-electron chi connectivity index (χ3n) is 4.68. The lowest BCUT2D eigenvalue weighted by Gasteiger charge is -2.01. The first-order valence-corrected chi connectivity index (χ1v) is 10.3. The van der Waals surface area contributed by atoms with E-state index in [9.17, 15) is 0 Å². The molecule has 5 aromatic rings. The van der Waals surface area contributed by atoms with Crippen molar-refractivity contribution in [3.8, 4) is 34.1 Å². The van der Waals surface area contributed by atoms with Crippen LogP contribution in [0.4, 0.5) is 0 Å². The molecule has 0 saturated heterocycles. The van der Waals surface area contributed by atoms with Gasteiger partial charge in [0.15, 0.2) is 5.82 Å². The Hall–Kier alpha value is -3.86. The van der Waals surface area contributed by atoms with Crippen LogP contribution in [0.25, 0.3) is 34.1 Å². The lowest BCUT2D eigenvalue weighted by atomic mass is 10.1. The average molecular weight is 435 g/mol. The standard InChI is InChI=1S/C20H17N7O3S/c1-11-14(8-9-28-11)18-23-25-20(27(18)21)31-10-15-22-24-19(29-15)16-12(2)30-26-17(16)13-6-4-3-5-7-13/h3-9H,10,21H2,1-2H3. The molecule has 0 aliphatic carbocycles.